The van der Waals surface area contributed by atoms with Crippen molar-refractivity contribution in [3.8, 4) is 11.3 Å². The Bertz CT molecular complexity index is 551. The molecule has 0 fully saturated rings. The van der Waals surface area contributed by atoms with Crippen LogP contribution in [-0.4, -0.2) is 6.54 Å². The highest BCUT2D eigenvalue weighted by Crippen LogP contribution is 2.34. The zero-order chi connectivity index (χ0) is 14.0. The van der Waals surface area contributed by atoms with Gasteiger partial charge in [0.05, 0.1) is 6.04 Å². The first-order valence-electron chi connectivity index (χ1n) is 6.63. The maximum Gasteiger partial charge on any atom is 0.135 e. The van der Waals surface area contributed by atoms with Gasteiger partial charge in [0.15, 0.2) is 0 Å². The van der Waals surface area contributed by atoms with Gasteiger partial charge in [-0.2, -0.15) is 0 Å². The second kappa shape index (κ2) is 5.93. The highest BCUT2D eigenvalue weighted by atomic mass is 79.9. The van der Waals surface area contributed by atoms with Gasteiger partial charge in [0.1, 0.15) is 11.5 Å². The lowest BCUT2D eigenvalue weighted by Crippen LogP contribution is -2.16. The first kappa shape index (κ1) is 14.4. The van der Waals surface area contributed by atoms with Gasteiger partial charge in [0, 0.05) is 10.0 Å². The summed E-state index contributed by atoms with van der Waals surface area (Å²) < 4.78 is 7.08. The lowest BCUT2D eigenvalue weighted by molar-refractivity contribution is 0.445. The van der Waals surface area contributed by atoms with Crippen LogP contribution >= 0.6 is 15.9 Å². The number of furan rings is 1. The van der Waals surface area contributed by atoms with Crippen LogP contribution < -0.4 is 5.32 Å². The van der Waals surface area contributed by atoms with Crippen LogP contribution in [0.3, 0.4) is 0 Å². The molecule has 0 amide bonds. The van der Waals surface area contributed by atoms with Crippen LogP contribution in [0.15, 0.2) is 33.2 Å². The van der Waals surface area contributed by atoms with E-state index >= 15 is 0 Å². The van der Waals surface area contributed by atoms with E-state index < -0.39 is 0 Å². The monoisotopic (exact) mass is 321 g/mol. The van der Waals surface area contributed by atoms with Gasteiger partial charge in [0.2, 0.25) is 0 Å². The van der Waals surface area contributed by atoms with Gasteiger partial charge >= 0.3 is 0 Å². The first-order chi connectivity index (χ1) is 9.02. The fraction of sp³-hybridized carbons (Fsp3) is 0.375. The average molecular weight is 322 g/mol. The third-order valence-corrected chi connectivity index (χ3v) is 3.87. The Morgan fingerprint density at radius 2 is 2.00 bits per heavy atom. The van der Waals surface area contributed by atoms with E-state index in [-0.39, 0.29) is 6.04 Å². The number of aryl methyl sites for hydroxylation is 2. The summed E-state index contributed by atoms with van der Waals surface area (Å²) in [6.07, 6.45) is 0. The quantitative estimate of drug-likeness (QED) is 0.857. The minimum Gasteiger partial charge on any atom is -0.459 e. The zero-order valence-corrected chi connectivity index (χ0v) is 13.5. The minimum absolute atomic E-state index is 0.239. The molecule has 1 aromatic heterocycles. The van der Waals surface area contributed by atoms with Crippen LogP contribution in [0.5, 0.6) is 0 Å². The standard InChI is InChI=1S/C16H20BrNO/c1-5-18-12(4)14-6-7-15(19-14)16-11(3)8-10(2)9-13(16)17/h6-9,12,18H,5H2,1-4H3. The molecule has 1 atom stereocenters. The highest BCUT2D eigenvalue weighted by molar-refractivity contribution is 9.10. The molecule has 0 radical (unpaired) electrons. The Labute approximate surface area is 123 Å². The fourth-order valence-electron chi connectivity index (χ4n) is 2.35. The molecule has 102 valence electrons. The Kier molecular flexibility index (Phi) is 4.48. The molecule has 3 heteroatoms. The summed E-state index contributed by atoms with van der Waals surface area (Å²) >= 11 is 3.64. The van der Waals surface area contributed by atoms with Crippen molar-refractivity contribution >= 4 is 15.9 Å². The van der Waals surface area contributed by atoms with Crippen molar-refractivity contribution < 1.29 is 4.42 Å². The summed E-state index contributed by atoms with van der Waals surface area (Å²) in [5.74, 6) is 1.90. The molecule has 1 aromatic carbocycles. The van der Waals surface area contributed by atoms with Gasteiger partial charge in [-0.3, -0.25) is 0 Å². The summed E-state index contributed by atoms with van der Waals surface area (Å²) in [6, 6.07) is 8.64. The molecule has 0 aliphatic carbocycles. The normalized spacial score (nSPS) is 12.7. The van der Waals surface area contributed by atoms with Crippen molar-refractivity contribution in [2.24, 2.45) is 0 Å². The van der Waals surface area contributed by atoms with Crippen molar-refractivity contribution in [2.75, 3.05) is 6.54 Å². The average Bonchev–Trinajstić information content (AvgIpc) is 2.77. The van der Waals surface area contributed by atoms with Gasteiger partial charge in [0.25, 0.3) is 0 Å². The molecular formula is C16H20BrNO. The Balaban J connectivity index is 2.38. The number of hydrogen-bond donors (Lipinski definition) is 1. The summed E-state index contributed by atoms with van der Waals surface area (Å²) in [6.45, 7) is 9.36. The molecule has 1 unspecified atom stereocenters. The number of benzene rings is 1. The smallest absolute Gasteiger partial charge is 0.135 e. The predicted molar refractivity (Wildman–Crippen MR) is 83.4 cm³/mol. The van der Waals surface area contributed by atoms with E-state index in [0.29, 0.717) is 0 Å². The first-order valence-corrected chi connectivity index (χ1v) is 7.42. The van der Waals surface area contributed by atoms with Crippen LogP contribution in [0, 0.1) is 13.8 Å². The van der Waals surface area contributed by atoms with Crippen LogP contribution in [0.1, 0.15) is 36.8 Å². The lowest BCUT2D eigenvalue weighted by atomic mass is 10.0. The summed E-state index contributed by atoms with van der Waals surface area (Å²) in [5.41, 5.74) is 3.62. The second-order valence-corrected chi connectivity index (χ2v) is 5.77. The predicted octanol–water partition coefficient (Wildman–Crippen LogP) is 5.00. The number of halogens is 1. The summed E-state index contributed by atoms with van der Waals surface area (Å²) in [4.78, 5) is 0. The topological polar surface area (TPSA) is 25.2 Å². The third kappa shape index (κ3) is 3.10. The molecule has 2 aromatic rings. The maximum absolute atomic E-state index is 5.99. The molecule has 0 bridgehead atoms. The maximum atomic E-state index is 5.99. The van der Waals surface area contributed by atoms with E-state index in [0.717, 1.165) is 28.1 Å². The SMILES string of the molecule is CCNC(C)c1ccc(-c2c(C)cc(C)cc2Br)o1. The van der Waals surface area contributed by atoms with Crippen molar-refractivity contribution in [2.45, 2.75) is 33.7 Å². The number of hydrogen-bond acceptors (Lipinski definition) is 2. The molecular weight excluding hydrogens is 302 g/mol. The lowest BCUT2D eigenvalue weighted by Gasteiger charge is -2.10. The van der Waals surface area contributed by atoms with E-state index in [1.165, 1.54) is 11.1 Å². The number of rotatable bonds is 4. The van der Waals surface area contributed by atoms with E-state index in [1.54, 1.807) is 0 Å². The molecule has 0 aliphatic rings. The molecule has 0 saturated heterocycles. The van der Waals surface area contributed by atoms with Crippen LogP contribution in [0.25, 0.3) is 11.3 Å². The van der Waals surface area contributed by atoms with Crippen molar-refractivity contribution in [3.63, 3.8) is 0 Å². The summed E-state index contributed by atoms with van der Waals surface area (Å²) in [5, 5.41) is 3.36. The van der Waals surface area contributed by atoms with Crippen molar-refractivity contribution in [1.82, 2.24) is 5.32 Å². The van der Waals surface area contributed by atoms with E-state index in [1.807, 2.05) is 12.1 Å². The van der Waals surface area contributed by atoms with E-state index in [9.17, 15) is 0 Å². The van der Waals surface area contributed by atoms with Gasteiger partial charge < -0.3 is 9.73 Å². The Morgan fingerprint density at radius 3 is 2.63 bits per heavy atom. The van der Waals surface area contributed by atoms with Gasteiger partial charge in [-0.15, -0.1) is 0 Å². The highest BCUT2D eigenvalue weighted by Gasteiger charge is 2.14. The Morgan fingerprint density at radius 1 is 1.26 bits per heavy atom. The molecule has 1 heterocycles. The summed E-state index contributed by atoms with van der Waals surface area (Å²) in [7, 11) is 0. The molecule has 0 aliphatic heterocycles. The van der Waals surface area contributed by atoms with Crippen LogP contribution in [0.4, 0.5) is 0 Å². The molecule has 19 heavy (non-hydrogen) atoms. The van der Waals surface area contributed by atoms with Crippen molar-refractivity contribution in [1.29, 1.82) is 0 Å². The molecule has 2 rings (SSSR count). The minimum atomic E-state index is 0.239. The second-order valence-electron chi connectivity index (χ2n) is 4.92. The molecule has 0 saturated carbocycles. The largest absolute Gasteiger partial charge is 0.459 e. The zero-order valence-electron chi connectivity index (χ0n) is 11.9. The molecule has 2 nitrogen and oxygen atoms in total. The van der Waals surface area contributed by atoms with Gasteiger partial charge in [-0.25, -0.2) is 0 Å². The van der Waals surface area contributed by atoms with Crippen LogP contribution in [-0.2, 0) is 0 Å². The third-order valence-electron chi connectivity index (χ3n) is 3.24. The van der Waals surface area contributed by atoms with Crippen LogP contribution in [0.2, 0.25) is 0 Å². The molecule has 0 spiro atoms. The van der Waals surface area contributed by atoms with Gasteiger partial charge in [-0.1, -0.05) is 28.9 Å². The molecule has 1 N–H and O–H groups in total. The Hall–Kier alpha value is -1.06. The van der Waals surface area contributed by atoms with Gasteiger partial charge in [-0.05, 0) is 56.6 Å². The fourth-order valence-corrected chi connectivity index (χ4v) is 3.22. The van der Waals surface area contributed by atoms with Crippen molar-refractivity contribution in [3.05, 3.63) is 45.6 Å². The van der Waals surface area contributed by atoms with E-state index in [2.05, 4.69) is 61.1 Å². The number of nitrogens with one attached hydrogen (secondary N) is 1. The van der Waals surface area contributed by atoms with E-state index in [4.69, 9.17) is 4.42 Å².